The number of alkyl halides is 3. The molecule has 0 aliphatic carbocycles. The molecule has 0 aromatic heterocycles. The molecule has 4 nitrogen and oxygen atoms in total. The summed E-state index contributed by atoms with van der Waals surface area (Å²) in [4.78, 5) is 11.2. The molecule has 1 fully saturated rings. The first-order valence-corrected chi connectivity index (χ1v) is 6.02. The fourth-order valence-electron chi connectivity index (χ4n) is 2.06. The monoisotopic (exact) mass is 267 g/mol. The molecule has 18 heavy (non-hydrogen) atoms. The zero-order valence-electron chi connectivity index (χ0n) is 10.7. The van der Waals surface area contributed by atoms with E-state index in [1.54, 1.807) is 5.32 Å². The van der Waals surface area contributed by atoms with Crippen LogP contribution >= 0.6 is 0 Å². The summed E-state index contributed by atoms with van der Waals surface area (Å²) in [5.41, 5.74) is 0.0373. The SMILES string of the molecule is CC1(C)CCCNC1CNC(=O)NCC(F)(F)F. The summed E-state index contributed by atoms with van der Waals surface area (Å²) in [7, 11) is 0. The van der Waals surface area contributed by atoms with Crippen molar-refractivity contribution in [2.45, 2.75) is 38.9 Å². The molecule has 1 rings (SSSR count). The Bertz CT molecular complexity index is 292. The highest BCUT2D eigenvalue weighted by Crippen LogP contribution is 2.29. The summed E-state index contributed by atoms with van der Waals surface area (Å²) in [6, 6.07) is -0.696. The van der Waals surface area contributed by atoms with E-state index in [0.717, 1.165) is 19.4 Å². The summed E-state index contributed by atoms with van der Waals surface area (Å²) in [6.07, 6.45) is -2.26. The maximum Gasteiger partial charge on any atom is 0.405 e. The molecule has 0 bridgehead atoms. The summed E-state index contributed by atoms with van der Waals surface area (Å²) in [5.74, 6) is 0. The van der Waals surface area contributed by atoms with E-state index in [4.69, 9.17) is 0 Å². The zero-order chi connectivity index (χ0) is 13.8. The highest BCUT2D eigenvalue weighted by molar-refractivity contribution is 5.73. The van der Waals surface area contributed by atoms with E-state index in [2.05, 4.69) is 24.5 Å². The van der Waals surface area contributed by atoms with Crippen molar-refractivity contribution < 1.29 is 18.0 Å². The van der Waals surface area contributed by atoms with E-state index in [1.807, 2.05) is 0 Å². The van der Waals surface area contributed by atoms with Gasteiger partial charge in [0, 0.05) is 12.6 Å². The molecular weight excluding hydrogens is 247 g/mol. The maximum atomic E-state index is 11.9. The number of urea groups is 1. The van der Waals surface area contributed by atoms with Crippen molar-refractivity contribution in [1.82, 2.24) is 16.0 Å². The number of carbonyl (C=O) groups excluding carboxylic acids is 1. The maximum absolute atomic E-state index is 11.9. The minimum absolute atomic E-state index is 0.0373. The minimum Gasteiger partial charge on any atom is -0.337 e. The van der Waals surface area contributed by atoms with Gasteiger partial charge in [0.2, 0.25) is 0 Å². The first kappa shape index (κ1) is 15.1. The molecule has 0 saturated carbocycles. The largest absolute Gasteiger partial charge is 0.405 e. The molecule has 0 radical (unpaired) electrons. The predicted octanol–water partition coefficient (Wildman–Crippen LogP) is 1.63. The molecular formula is C11H20F3N3O. The second-order valence-corrected chi connectivity index (χ2v) is 5.28. The second-order valence-electron chi connectivity index (χ2n) is 5.28. The van der Waals surface area contributed by atoms with Crippen LogP contribution in [0.1, 0.15) is 26.7 Å². The molecule has 3 N–H and O–H groups in total. The molecule has 7 heteroatoms. The standard InChI is InChI=1S/C11H20F3N3O/c1-10(2)4-3-5-15-8(10)6-16-9(18)17-7-11(12,13)14/h8,15H,3-7H2,1-2H3,(H2,16,17,18). The van der Waals surface area contributed by atoms with Crippen molar-refractivity contribution in [3.8, 4) is 0 Å². The highest BCUT2D eigenvalue weighted by Gasteiger charge is 2.32. The van der Waals surface area contributed by atoms with Crippen molar-refractivity contribution in [3.63, 3.8) is 0 Å². The molecule has 106 valence electrons. The Kier molecular flexibility index (Phi) is 4.84. The lowest BCUT2D eigenvalue weighted by molar-refractivity contribution is -0.122. The van der Waals surface area contributed by atoms with E-state index < -0.39 is 18.8 Å². The Morgan fingerprint density at radius 3 is 2.61 bits per heavy atom. The number of hydrogen-bond acceptors (Lipinski definition) is 2. The number of nitrogens with one attached hydrogen (secondary N) is 3. The Labute approximate surface area is 105 Å². The van der Waals surface area contributed by atoms with E-state index in [0.29, 0.717) is 6.54 Å². The molecule has 1 aliphatic rings. The molecule has 1 aliphatic heterocycles. The minimum atomic E-state index is -4.38. The van der Waals surface area contributed by atoms with E-state index >= 15 is 0 Å². The number of halogens is 3. The predicted molar refractivity (Wildman–Crippen MR) is 62.3 cm³/mol. The van der Waals surface area contributed by atoms with Crippen LogP contribution in [0.15, 0.2) is 0 Å². The van der Waals surface area contributed by atoms with Crippen LogP contribution in [0.5, 0.6) is 0 Å². The van der Waals surface area contributed by atoms with Crippen LogP contribution in [0.4, 0.5) is 18.0 Å². The fourth-order valence-corrected chi connectivity index (χ4v) is 2.06. The molecule has 2 amide bonds. The first-order valence-electron chi connectivity index (χ1n) is 6.02. The third kappa shape index (κ3) is 5.12. The fraction of sp³-hybridized carbons (Fsp3) is 0.909. The van der Waals surface area contributed by atoms with Gasteiger partial charge in [0.05, 0.1) is 0 Å². The second kappa shape index (κ2) is 5.77. The number of hydrogen-bond donors (Lipinski definition) is 3. The Balaban J connectivity index is 2.29. The summed E-state index contributed by atoms with van der Waals surface area (Å²) in [5, 5.41) is 7.53. The van der Waals surface area contributed by atoms with Crippen molar-refractivity contribution in [2.24, 2.45) is 5.41 Å². The third-order valence-electron chi connectivity index (χ3n) is 3.25. The Morgan fingerprint density at radius 1 is 1.39 bits per heavy atom. The van der Waals surface area contributed by atoms with Crippen molar-refractivity contribution in [1.29, 1.82) is 0 Å². The van der Waals surface area contributed by atoms with Crippen molar-refractivity contribution >= 4 is 6.03 Å². The van der Waals surface area contributed by atoms with Gasteiger partial charge in [-0.3, -0.25) is 0 Å². The Morgan fingerprint density at radius 2 is 2.06 bits per heavy atom. The first-order chi connectivity index (χ1) is 8.21. The average Bonchev–Trinajstić information content (AvgIpc) is 2.23. The topological polar surface area (TPSA) is 53.2 Å². The van der Waals surface area contributed by atoms with Gasteiger partial charge in [-0.1, -0.05) is 13.8 Å². The molecule has 1 atom stereocenters. The number of piperidine rings is 1. The molecule has 1 saturated heterocycles. The van der Waals surface area contributed by atoms with Gasteiger partial charge in [0.1, 0.15) is 6.54 Å². The van der Waals surface area contributed by atoms with E-state index in [-0.39, 0.29) is 11.5 Å². The summed E-state index contributed by atoms with van der Waals surface area (Å²) in [6.45, 7) is 4.06. The smallest absolute Gasteiger partial charge is 0.337 e. The zero-order valence-corrected chi connectivity index (χ0v) is 10.7. The third-order valence-corrected chi connectivity index (χ3v) is 3.25. The number of amides is 2. The van der Waals surface area contributed by atoms with Gasteiger partial charge in [0.15, 0.2) is 0 Å². The molecule has 1 heterocycles. The lowest BCUT2D eigenvalue weighted by Gasteiger charge is -2.39. The van der Waals surface area contributed by atoms with Gasteiger partial charge in [-0.05, 0) is 24.8 Å². The van der Waals surface area contributed by atoms with Gasteiger partial charge in [-0.2, -0.15) is 13.2 Å². The van der Waals surface area contributed by atoms with Crippen LogP contribution in [-0.2, 0) is 0 Å². The highest BCUT2D eigenvalue weighted by atomic mass is 19.4. The quantitative estimate of drug-likeness (QED) is 0.728. The lowest BCUT2D eigenvalue weighted by atomic mass is 9.77. The molecule has 0 aromatic carbocycles. The Hall–Kier alpha value is -0.980. The van der Waals surface area contributed by atoms with Crippen LogP contribution in [0.3, 0.4) is 0 Å². The van der Waals surface area contributed by atoms with Gasteiger partial charge in [-0.15, -0.1) is 0 Å². The van der Waals surface area contributed by atoms with Crippen LogP contribution in [0.25, 0.3) is 0 Å². The van der Waals surface area contributed by atoms with Gasteiger partial charge >= 0.3 is 12.2 Å². The van der Waals surface area contributed by atoms with Gasteiger partial charge in [-0.25, -0.2) is 4.79 Å². The van der Waals surface area contributed by atoms with E-state index in [9.17, 15) is 18.0 Å². The molecule has 0 aromatic rings. The van der Waals surface area contributed by atoms with Gasteiger partial charge < -0.3 is 16.0 Å². The lowest BCUT2D eigenvalue weighted by Crippen LogP contribution is -2.54. The van der Waals surface area contributed by atoms with E-state index in [1.165, 1.54) is 0 Å². The number of carbonyl (C=O) groups is 1. The van der Waals surface area contributed by atoms with Crippen LogP contribution in [0.2, 0.25) is 0 Å². The molecule has 1 unspecified atom stereocenters. The van der Waals surface area contributed by atoms with Crippen LogP contribution < -0.4 is 16.0 Å². The number of rotatable bonds is 3. The average molecular weight is 267 g/mol. The summed E-state index contributed by atoms with van der Waals surface area (Å²) < 4.78 is 35.6. The van der Waals surface area contributed by atoms with Crippen molar-refractivity contribution in [2.75, 3.05) is 19.6 Å². The normalized spacial score (nSPS) is 23.5. The molecule has 0 spiro atoms. The van der Waals surface area contributed by atoms with Crippen LogP contribution in [0, 0.1) is 5.41 Å². The van der Waals surface area contributed by atoms with Crippen LogP contribution in [-0.4, -0.2) is 37.9 Å². The van der Waals surface area contributed by atoms with Gasteiger partial charge in [0.25, 0.3) is 0 Å². The van der Waals surface area contributed by atoms with Crippen molar-refractivity contribution in [3.05, 3.63) is 0 Å². The summed E-state index contributed by atoms with van der Waals surface area (Å²) >= 11 is 0.